The van der Waals surface area contributed by atoms with E-state index in [0.717, 1.165) is 15.8 Å². The van der Waals surface area contributed by atoms with Crippen molar-refractivity contribution in [2.45, 2.75) is 19.3 Å². The van der Waals surface area contributed by atoms with E-state index in [2.05, 4.69) is 63.7 Å². The minimum absolute atomic E-state index is 0.460. The predicted octanol–water partition coefficient (Wildman–Crippen LogP) is 3.43. The molecule has 2 nitrogen and oxygen atoms in total. The van der Waals surface area contributed by atoms with Gasteiger partial charge >= 0.3 is 0 Å². The van der Waals surface area contributed by atoms with E-state index in [1.54, 1.807) is 0 Å². The summed E-state index contributed by atoms with van der Waals surface area (Å²) in [5.74, 6) is 1.37. The monoisotopic (exact) mass is 324 g/mol. The lowest BCUT2D eigenvalue weighted by atomic mass is 9.98. The van der Waals surface area contributed by atoms with Gasteiger partial charge in [-0.1, -0.05) is 37.3 Å². The summed E-state index contributed by atoms with van der Waals surface area (Å²) in [6.07, 6.45) is 4.61. The summed E-state index contributed by atoms with van der Waals surface area (Å²) in [6, 6.07) is 10.5. The van der Waals surface area contributed by atoms with Crippen LogP contribution in [0.5, 0.6) is 0 Å². The molecule has 2 aromatic rings. The summed E-state index contributed by atoms with van der Waals surface area (Å²) < 4.78 is 1.08. The number of halogens is 1. The summed E-state index contributed by atoms with van der Waals surface area (Å²) in [6.45, 7) is 2.21. The van der Waals surface area contributed by atoms with Crippen molar-refractivity contribution in [1.82, 2.24) is 9.97 Å². The molecule has 0 amide bonds. The predicted molar refractivity (Wildman–Crippen MR) is 73.3 cm³/mol. The molecular formula is C13H13IN2. The van der Waals surface area contributed by atoms with Crippen molar-refractivity contribution in [2.24, 2.45) is 0 Å². The first-order valence-corrected chi connectivity index (χ1v) is 6.35. The topological polar surface area (TPSA) is 25.8 Å². The Balaban J connectivity index is 2.08. The van der Waals surface area contributed by atoms with Crippen molar-refractivity contribution in [3.63, 3.8) is 0 Å². The minimum atomic E-state index is 0.460. The summed E-state index contributed by atoms with van der Waals surface area (Å²) in [5.41, 5.74) is 1.34. The Morgan fingerprint density at radius 2 is 1.75 bits per heavy atom. The molecule has 0 aliphatic heterocycles. The van der Waals surface area contributed by atoms with Gasteiger partial charge in [0.25, 0.3) is 0 Å². The lowest BCUT2D eigenvalue weighted by Gasteiger charge is -2.10. The van der Waals surface area contributed by atoms with Crippen molar-refractivity contribution in [1.29, 1.82) is 0 Å². The van der Waals surface area contributed by atoms with Gasteiger partial charge in [0.15, 0.2) is 0 Å². The van der Waals surface area contributed by atoms with Crippen LogP contribution in [0.25, 0.3) is 0 Å². The third-order valence-corrected chi connectivity index (χ3v) is 3.09. The molecule has 1 heterocycles. The van der Waals surface area contributed by atoms with Gasteiger partial charge in [0.05, 0.1) is 0 Å². The van der Waals surface area contributed by atoms with Crippen molar-refractivity contribution in [3.05, 3.63) is 57.7 Å². The molecule has 1 atom stereocenters. The molecule has 16 heavy (non-hydrogen) atoms. The number of rotatable bonds is 3. The highest BCUT2D eigenvalue weighted by Gasteiger charge is 2.07. The molecule has 2 rings (SSSR count). The highest BCUT2D eigenvalue weighted by atomic mass is 127. The molecule has 0 fully saturated rings. The average Bonchev–Trinajstić information content (AvgIpc) is 2.33. The van der Waals surface area contributed by atoms with Crippen LogP contribution in [0.1, 0.15) is 24.2 Å². The highest BCUT2D eigenvalue weighted by Crippen LogP contribution is 2.18. The fourth-order valence-corrected chi connectivity index (χ4v) is 1.90. The van der Waals surface area contributed by atoms with Gasteiger partial charge < -0.3 is 0 Å². The van der Waals surface area contributed by atoms with Crippen LogP contribution in [-0.2, 0) is 6.42 Å². The summed E-state index contributed by atoms with van der Waals surface area (Å²) in [5, 5.41) is 0. The van der Waals surface area contributed by atoms with E-state index in [0.29, 0.717) is 5.92 Å². The van der Waals surface area contributed by atoms with E-state index in [-0.39, 0.29) is 0 Å². The van der Waals surface area contributed by atoms with E-state index in [9.17, 15) is 0 Å². The fourth-order valence-electron chi connectivity index (χ4n) is 1.62. The molecule has 82 valence electrons. The molecule has 0 spiro atoms. The van der Waals surface area contributed by atoms with E-state index in [1.807, 2.05) is 18.5 Å². The fraction of sp³-hybridized carbons (Fsp3) is 0.231. The lowest BCUT2D eigenvalue weighted by Crippen LogP contribution is -2.02. The second-order valence-corrected chi connectivity index (χ2v) is 5.08. The Morgan fingerprint density at radius 3 is 2.38 bits per heavy atom. The highest BCUT2D eigenvalue weighted by molar-refractivity contribution is 14.1. The maximum absolute atomic E-state index is 4.33. The van der Waals surface area contributed by atoms with E-state index in [4.69, 9.17) is 0 Å². The van der Waals surface area contributed by atoms with Crippen LogP contribution in [0.2, 0.25) is 0 Å². The molecule has 0 N–H and O–H groups in total. The molecule has 0 bridgehead atoms. The zero-order valence-corrected chi connectivity index (χ0v) is 11.3. The second kappa shape index (κ2) is 5.39. The molecule has 1 aromatic carbocycles. The molecule has 1 aromatic heterocycles. The minimum Gasteiger partial charge on any atom is -0.240 e. The Morgan fingerprint density at radius 1 is 1.12 bits per heavy atom. The molecular weight excluding hydrogens is 311 g/mol. The first-order chi connectivity index (χ1) is 7.75. The number of hydrogen-bond acceptors (Lipinski definition) is 2. The number of nitrogens with zero attached hydrogens (tertiary/aromatic N) is 2. The lowest BCUT2D eigenvalue weighted by molar-refractivity contribution is 0.716. The van der Waals surface area contributed by atoms with Gasteiger partial charge in [-0.3, -0.25) is 0 Å². The van der Waals surface area contributed by atoms with Crippen LogP contribution >= 0.6 is 22.6 Å². The quantitative estimate of drug-likeness (QED) is 0.809. The van der Waals surface area contributed by atoms with Crippen molar-refractivity contribution in [2.75, 3.05) is 0 Å². The molecule has 0 aliphatic carbocycles. The zero-order valence-electron chi connectivity index (χ0n) is 9.10. The maximum atomic E-state index is 4.33. The van der Waals surface area contributed by atoms with Crippen molar-refractivity contribution < 1.29 is 0 Å². The van der Waals surface area contributed by atoms with Crippen LogP contribution < -0.4 is 0 Å². The number of benzene rings is 1. The Hall–Kier alpha value is -0.970. The number of aromatic nitrogens is 2. The average molecular weight is 324 g/mol. The Labute approximate surface area is 109 Å². The molecule has 0 aliphatic rings. The van der Waals surface area contributed by atoms with Crippen LogP contribution in [0, 0.1) is 3.57 Å². The molecule has 0 saturated carbocycles. The molecule has 3 heteroatoms. The first-order valence-electron chi connectivity index (χ1n) is 5.27. The third kappa shape index (κ3) is 3.01. The van der Waals surface area contributed by atoms with Crippen LogP contribution in [0.4, 0.5) is 0 Å². The summed E-state index contributed by atoms with van der Waals surface area (Å²) in [7, 11) is 0. The van der Waals surface area contributed by atoms with Gasteiger partial charge in [-0.2, -0.15) is 0 Å². The third-order valence-electron chi connectivity index (χ3n) is 2.53. The van der Waals surface area contributed by atoms with E-state index < -0.39 is 0 Å². The van der Waals surface area contributed by atoms with Gasteiger partial charge in [-0.25, -0.2) is 9.97 Å². The van der Waals surface area contributed by atoms with Gasteiger partial charge in [0, 0.05) is 22.4 Å². The first kappa shape index (κ1) is 11.5. The summed E-state index contributed by atoms with van der Waals surface area (Å²) >= 11 is 2.22. The largest absolute Gasteiger partial charge is 0.240 e. The van der Waals surface area contributed by atoms with Crippen LogP contribution in [0.3, 0.4) is 0 Å². The van der Waals surface area contributed by atoms with Gasteiger partial charge in [-0.15, -0.1) is 0 Å². The van der Waals surface area contributed by atoms with Crippen molar-refractivity contribution >= 4 is 22.6 Å². The Kier molecular flexibility index (Phi) is 3.88. The smallest absolute Gasteiger partial charge is 0.128 e. The molecule has 0 radical (unpaired) electrons. The standard InChI is InChI=1S/C13H13IN2/c1-10(11-5-3-2-4-6-11)7-13-15-8-12(14)9-16-13/h2-6,8-10H,7H2,1H3. The number of hydrogen-bond donors (Lipinski definition) is 0. The van der Waals surface area contributed by atoms with Gasteiger partial charge in [-0.05, 0) is 34.1 Å². The second-order valence-electron chi connectivity index (χ2n) is 3.83. The summed E-state index contributed by atoms with van der Waals surface area (Å²) in [4.78, 5) is 8.65. The van der Waals surface area contributed by atoms with Gasteiger partial charge in [0.2, 0.25) is 0 Å². The van der Waals surface area contributed by atoms with Crippen LogP contribution in [0.15, 0.2) is 42.7 Å². The SMILES string of the molecule is CC(Cc1ncc(I)cn1)c1ccccc1. The molecule has 1 unspecified atom stereocenters. The zero-order chi connectivity index (χ0) is 11.4. The van der Waals surface area contributed by atoms with E-state index >= 15 is 0 Å². The van der Waals surface area contributed by atoms with Gasteiger partial charge in [0.1, 0.15) is 5.82 Å². The Bertz CT molecular complexity index is 439. The van der Waals surface area contributed by atoms with Crippen molar-refractivity contribution in [3.8, 4) is 0 Å². The molecule has 0 saturated heterocycles. The van der Waals surface area contributed by atoms with Crippen LogP contribution in [-0.4, -0.2) is 9.97 Å². The van der Waals surface area contributed by atoms with E-state index in [1.165, 1.54) is 5.56 Å². The maximum Gasteiger partial charge on any atom is 0.128 e. The normalized spacial score (nSPS) is 12.4.